The fraction of sp³-hybridized carbons (Fsp3) is 0.208. The van der Waals surface area contributed by atoms with E-state index in [0.717, 1.165) is 35.3 Å². The van der Waals surface area contributed by atoms with Gasteiger partial charge in [-0.2, -0.15) is 0 Å². The first-order valence-electron chi connectivity index (χ1n) is 9.50. The quantitative estimate of drug-likeness (QED) is 0.643. The van der Waals surface area contributed by atoms with Gasteiger partial charge in [0.05, 0.1) is 0 Å². The van der Waals surface area contributed by atoms with Gasteiger partial charge in [-0.05, 0) is 65.1 Å². The maximum Gasteiger partial charge on any atom is 0.123 e. The van der Waals surface area contributed by atoms with E-state index in [4.69, 9.17) is 0 Å². The second-order valence-corrected chi connectivity index (χ2v) is 7.22. The second kappa shape index (κ2) is 8.03. The van der Waals surface area contributed by atoms with Crippen molar-refractivity contribution in [2.45, 2.75) is 25.3 Å². The lowest BCUT2D eigenvalue weighted by atomic mass is 9.86. The van der Waals surface area contributed by atoms with E-state index in [0.29, 0.717) is 0 Å². The topological polar surface area (TPSA) is 24.9 Å². The van der Waals surface area contributed by atoms with Gasteiger partial charge in [-0.15, -0.1) is 0 Å². The average molecular weight is 376 g/mol. The molecule has 0 spiro atoms. The van der Waals surface area contributed by atoms with E-state index in [-0.39, 0.29) is 23.6 Å². The third-order valence-corrected chi connectivity index (χ3v) is 5.41. The summed E-state index contributed by atoms with van der Waals surface area (Å²) in [6.07, 6.45) is 4.83. The number of pyridine rings is 1. The maximum atomic E-state index is 13.2. The minimum atomic E-state index is -0.238. The molecule has 2 nitrogen and oxygen atoms in total. The zero-order chi connectivity index (χ0) is 19.5. The van der Waals surface area contributed by atoms with Crippen molar-refractivity contribution in [2.75, 3.05) is 6.54 Å². The summed E-state index contributed by atoms with van der Waals surface area (Å²) < 4.78 is 26.4. The van der Waals surface area contributed by atoms with E-state index in [1.54, 1.807) is 12.1 Å². The Morgan fingerprint density at radius 2 is 1.54 bits per heavy atom. The van der Waals surface area contributed by atoms with E-state index in [2.05, 4.69) is 29.4 Å². The minimum Gasteiger partial charge on any atom is -0.310 e. The molecule has 2 unspecified atom stereocenters. The van der Waals surface area contributed by atoms with Crippen LogP contribution in [-0.4, -0.2) is 17.6 Å². The molecule has 1 aromatic heterocycles. The molecule has 28 heavy (non-hydrogen) atoms. The van der Waals surface area contributed by atoms with Gasteiger partial charge in [-0.25, -0.2) is 8.78 Å². The number of nitrogens with zero attached hydrogens (tertiary/aromatic N) is 1. The number of hydrogen-bond acceptors (Lipinski definition) is 2. The molecule has 1 aliphatic heterocycles. The largest absolute Gasteiger partial charge is 0.310 e. The first-order chi connectivity index (χ1) is 13.6. The van der Waals surface area contributed by atoms with Crippen molar-refractivity contribution in [2.24, 2.45) is 0 Å². The number of hydrogen-bond donors (Lipinski definition) is 1. The highest BCUT2D eigenvalue weighted by Crippen LogP contribution is 2.31. The van der Waals surface area contributed by atoms with Gasteiger partial charge in [-0.1, -0.05) is 37.3 Å². The highest BCUT2D eigenvalue weighted by atomic mass is 19.1. The Morgan fingerprint density at radius 3 is 2.21 bits per heavy atom. The van der Waals surface area contributed by atoms with Crippen LogP contribution in [0.5, 0.6) is 0 Å². The Labute approximate surface area is 164 Å². The van der Waals surface area contributed by atoms with E-state index in [1.807, 2.05) is 24.4 Å². The Balaban J connectivity index is 1.53. The van der Waals surface area contributed by atoms with Crippen LogP contribution in [0, 0.1) is 11.6 Å². The summed E-state index contributed by atoms with van der Waals surface area (Å²) in [5, 5.41) is 3.56. The number of aromatic nitrogens is 1. The zero-order valence-corrected chi connectivity index (χ0v) is 15.7. The van der Waals surface area contributed by atoms with Gasteiger partial charge in [0, 0.05) is 30.4 Å². The standard InChI is InChI=1S/C24H22F2N2/c1-16(23-14-19(10-12-27-23)17-2-6-21(25)7-3-17)24-15-20(11-13-28-24)18-4-8-22(26)9-5-18/h2-12,14,16,24,28H,13,15H2,1H3. The molecule has 0 amide bonds. The molecule has 0 radical (unpaired) electrons. The van der Waals surface area contributed by atoms with E-state index < -0.39 is 0 Å². The van der Waals surface area contributed by atoms with Gasteiger partial charge in [0.25, 0.3) is 0 Å². The van der Waals surface area contributed by atoms with E-state index in [9.17, 15) is 8.78 Å². The van der Waals surface area contributed by atoms with Crippen molar-refractivity contribution in [1.82, 2.24) is 10.3 Å². The van der Waals surface area contributed by atoms with E-state index in [1.165, 1.54) is 29.8 Å². The van der Waals surface area contributed by atoms with Crippen molar-refractivity contribution >= 4 is 5.57 Å². The van der Waals surface area contributed by atoms with Gasteiger partial charge in [0.15, 0.2) is 0 Å². The molecular formula is C24H22F2N2. The van der Waals surface area contributed by atoms with Crippen LogP contribution in [0.4, 0.5) is 8.78 Å². The molecule has 2 heterocycles. The van der Waals surface area contributed by atoms with Crippen molar-refractivity contribution in [3.63, 3.8) is 0 Å². The van der Waals surface area contributed by atoms with Crippen LogP contribution in [0.2, 0.25) is 0 Å². The van der Waals surface area contributed by atoms with Crippen LogP contribution in [0.15, 0.2) is 72.9 Å². The van der Waals surface area contributed by atoms with Gasteiger partial charge in [0.2, 0.25) is 0 Å². The van der Waals surface area contributed by atoms with Crippen LogP contribution in [0.1, 0.15) is 30.5 Å². The molecule has 0 aliphatic carbocycles. The SMILES string of the molecule is CC(c1cc(-c2ccc(F)cc2)ccn1)C1CC(c2ccc(F)cc2)=CCN1. The first kappa shape index (κ1) is 18.5. The summed E-state index contributed by atoms with van der Waals surface area (Å²) in [6.45, 7) is 2.95. The Morgan fingerprint density at radius 1 is 0.893 bits per heavy atom. The maximum absolute atomic E-state index is 13.2. The normalized spacial score (nSPS) is 17.8. The number of rotatable bonds is 4. The average Bonchev–Trinajstić information content (AvgIpc) is 2.74. The predicted octanol–water partition coefficient (Wildman–Crippen LogP) is 5.58. The lowest BCUT2D eigenvalue weighted by molar-refractivity contribution is 0.460. The van der Waals surface area contributed by atoms with Crippen molar-refractivity contribution in [3.8, 4) is 11.1 Å². The van der Waals surface area contributed by atoms with Crippen LogP contribution in [0.25, 0.3) is 16.7 Å². The molecule has 0 saturated heterocycles. The summed E-state index contributed by atoms with van der Waals surface area (Å²) in [5.41, 5.74) is 5.29. The number of nitrogens with one attached hydrogen (secondary N) is 1. The summed E-state index contributed by atoms with van der Waals surface area (Å²) in [4.78, 5) is 4.58. The highest BCUT2D eigenvalue weighted by Gasteiger charge is 2.24. The number of halogens is 2. The fourth-order valence-corrected chi connectivity index (χ4v) is 3.70. The third-order valence-electron chi connectivity index (χ3n) is 5.41. The molecule has 2 aromatic carbocycles. The molecule has 4 heteroatoms. The predicted molar refractivity (Wildman–Crippen MR) is 109 cm³/mol. The fourth-order valence-electron chi connectivity index (χ4n) is 3.70. The van der Waals surface area contributed by atoms with Crippen molar-refractivity contribution < 1.29 is 8.78 Å². The first-order valence-corrected chi connectivity index (χ1v) is 9.50. The Kier molecular flexibility index (Phi) is 5.31. The number of benzene rings is 2. The minimum absolute atomic E-state index is 0.199. The molecule has 4 rings (SSSR count). The molecule has 3 aromatic rings. The molecule has 0 saturated carbocycles. The summed E-state index contributed by atoms with van der Waals surface area (Å²) in [5.74, 6) is -0.257. The van der Waals surface area contributed by atoms with E-state index >= 15 is 0 Å². The molecule has 2 atom stereocenters. The molecule has 1 N–H and O–H groups in total. The van der Waals surface area contributed by atoms with Crippen LogP contribution in [0.3, 0.4) is 0 Å². The van der Waals surface area contributed by atoms with Crippen molar-refractivity contribution in [1.29, 1.82) is 0 Å². The van der Waals surface area contributed by atoms with Crippen LogP contribution in [-0.2, 0) is 0 Å². The van der Waals surface area contributed by atoms with Gasteiger partial charge in [-0.3, -0.25) is 4.98 Å². The summed E-state index contributed by atoms with van der Waals surface area (Å²) >= 11 is 0. The van der Waals surface area contributed by atoms with Gasteiger partial charge < -0.3 is 5.32 Å². The molecular weight excluding hydrogens is 354 g/mol. The molecule has 0 fully saturated rings. The smallest absolute Gasteiger partial charge is 0.123 e. The van der Waals surface area contributed by atoms with Crippen LogP contribution < -0.4 is 5.32 Å². The summed E-state index contributed by atoms with van der Waals surface area (Å²) in [7, 11) is 0. The summed E-state index contributed by atoms with van der Waals surface area (Å²) in [6, 6.07) is 17.5. The molecule has 1 aliphatic rings. The second-order valence-electron chi connectivity index (χ2n) is 7.22. The van der Waals surface area contributed by atoms with Gasteiger partial charge >= 0.3 is 0 Å². The monoisotopic (exact) mass is 376 g/mol. The van der Waals surface area contributed by atoms with Crippen molar-refractivity contribution in [3.05, 3.63) is 95.8 Å². The molecule has 142 valence electrons. The zero-order valence-electron chi connectivity index (χ0n) is 15.7. The van der Waals surface area contributed by atoms with Gasteiger partial charge in [0.1, 0.15) is 11.6 Å². The lowest BCUT2D eigenvalue weighted by Crippen LogP contribution is -2.37. The Hall–Kier alpha value is -2.85. The lowest BCUT2D eigenvalue weighted by Gasteiger charge is -2.29. The van der Waals surface area contributed by atoms with Crippen LogP contribution >= 0.6 is 0 Å². The third kappa shape index (κ3) is 4.02. The highest BCUT2D eigenvalue weighted by molar-refractivity contribution is 5.67. The molecule has 0 bridgehead atoms. The Bertz CT molecular complexity index is 978.